The van der Waals surface area contributed by atoms with Crippen LogP contribution < -0.4 is 0 Å². The van der Waals surface area contributed by atoms with Gasteiger partial charge in [0.15, 0.2) is 0 Å². The van der Waals surface area contributed by atoms with Crippen LogP contribution in [0.5, 0.6) is 0 Å². The molecule has 0 aromatic rings. The lowest BCUT2D eigenvalue weighted by Crippen LogP contribution is -2.36. The van der Waals surface area contributed by atoms with E-state index in [4.69, 9.17) is 4.74 Å². The SMILES string of the molecule is C=C1C(=CC)C(=O)N(C[C@H](C)OC)S1(=O)=O. The van der Waals surface area contributed by atoms with Crippen molar-refractivity contribution in [2.75, 3.05) is 13.7 Å². The van der Waals surface area contributed by atoms with Gasteiger partial charge in [-0.1, -0.05) is 12.7 Å². The Balaban J connectivity index is 3.12. The minimum absolute atomic E-state index is 0.00796. The molecular formula is C10H15NO4S. The molecule has 16 heavy (non-hydrogen) atoms. The van der Waals surface area contributed by atoms with Gasteiger partial charge in [-0.15, -0.1) is 0 Å². The van der Waals surface area contributed by atoms with E-state index < -0.39 is 15.9 Å². The van der Waals surface area contributed by atoms with Crippen molar-refractivity contribution in [1.29, 1.82) is 0 Å². The van der Waals surface area contributed by atoms with Gasteiger partial charge in [0.25, 0.3) is 15.9 Å². The van der Waals surface area contributed by atoms with Crippen molar-refractivity contribution >= 4 is 15.9 Å². The number of hydrogen-bond donors (Lipinski definition) is 0. The van der Waals surface area contributed by atoms with Crippen molar-refractivity contribution in [3.63, 3.8) is 0 Å². The van der Waals surface area contributed by atoms with E-state index in [1.54, 1.807) is 13.8 Å². The Morgan fingerprint density at radius 2 is 2.12 bits per heavy atom. The fourth-order valence-corrected chi connectivity index (χ4v) is 2.88. The summed E-state index contributed by atoms with van der Waals surface area (Å²) in [5, 5.41) is 0. The van der Waals surface area contributed by atoms with Crippen LogP contribution in [0.2, 0.25) is 0 Å². The van der Waals surface area contributed by atoms with Crippen molar-refractivity contribution < 1.29 is 17.9 Å². The Bertz CT molecular complexity index is 449. The van der Waals surface area contributed by atoms with Crippen LogP contribution in [0.15, 0.2) is 23.1 Å². The van der Waals surface area contributed by atoms with Crippen molar-refractivity contribution in [2.24, 2.45) is 0 Å². The number of carbonyl (C=O) groups is 1. The third-order valence-corrected chi connectivity index (χ3v) is 4.21. The summed E-state index contributed by atoms with van der Waals surface area (Å²) in [6, 6.07) is 0. The third-order valence-electron chi connectivity index (χ3n) is 2.47. The summed E-state index contributed by atoms with van der Waals surface area (Å²) in [6.07, 6.45) is 1.11. The molecule has 1 heterocycles. The van der Waals surface area contributed by atoms with Gasteiger partial charge in [-0.3, -0.25) is 4.79 Å². The Morgan fingerprint density at radius 1 is 1.56 bits per heavy atom. The molecule has 1 amide bonds. The number of amides is 1. The summed E-state index contributed by atoms with van der Waals surface area (Å²) in [7, 11) is -2.28. The second kappa shape index (κ2) is 4.39. The van der Waals surface area contributed by atoms with Crippen LogP contribution in [-0.2, 0) is 19.6 Å². The largest absolute Gasteiger partial charge is 0.380 e. The molecule has 0 spiro atoms. The first-order valence-corrected chi connectivity index (χ1v) is 6.25. The Kier molecular flexibility index (Phi) is 3.54. The molecular weight excluding hydrogens is 230 g/mol. The summed E-state index contributed by atoms with van der Waals surface area (Å²) in [4.78, 5) is 11.6. The molecule has 0 radical (unpaired) electrons. The van der Waals surface area contributed by atoms with Crippen molar-refractivity contribution in [3.8, 4) is 0 Å². The van der Waals surface area contributed by atoms with Gasteiger partial charge in [0, 0.05) is 7.11 Å². The van der Waals surface area contributed by atoms with Crippen LogP contribution in [-0.4, -0.2) is 38.4 Å². The molecule has 6 heteroatoms. The first-order chi connectivity index (χ1) is 7.36. The Labute approximate surface area is 95.4 Å². The summed E-state index contributed by atoms with van der Waals surface area (Å²) in [6.45, 7) is 6.74. The molecule has 1 aliphatic heterocycles. The lowest BCUT2D eigenvalue weighted by Gasteiger charge is -2.18. The minimum Gasteiger partial charge on any atom is -0.380 e. The van der Waals surface area contributed by atoms with E-state index in [1.807, 2.05) is 0 Å². The molecule has 0 bridgehead atoms. The van der Waals surface area contributed by atoms with Crippen molar-refractivity contribution in [1.82, 2.24) is 4.31 Å². The molecule has 1 atom stereocenters. The van der Waals surface area contributed by atoms with Gasteiger partial charge in [-0.25, -0.2) is 12.7 Å². The fraction of sp³-hybridized carbons (Fsp3) is 0.500. The topological polar surface area (TPSA) is 63.7 Å². The minimum atomic E-state index is -3.74. The maximum atomic E-state index is 11.8. The van der Waals surface area contributed by atoms with E-state index in [9.17, 15) is 13.2 Å². The van der Waals surface area contributed by atoms with Crippen molar-refractivity contribution in [2.45, 2.75) is 20.0 Å². The molecule has 90 valence electrons. The number of nitrogens with zero attached hydrogens (tertiary/aromatic N) is 1. The van der Waals surface area contributed by atoms with Crippen LogP contribution in [0.4, 0.5) is 0 Å². The van der Waals surface area contributed by atoms with Gasteiger partial charge >= 0.3 is 0 Å². The first kappa shape index (κ1) is 12.9. The normalized spacial score (nSPS) is 24.2. The lowest BCUT2D eigenvalue weighted by atomic mass is 10.2. The van der Waals surface area contributed by atoms with Gasteiger partial charge < -0.3 is 4.74 Å². The summed E-state index contributed by atoms with van der Waals surface area (Å²) in [5.41, 5.74) is 0.142. The van der Waals surface area contributed by atoms with E-state index in [2.05, 4.69) is 6.58 Å². The number of ether oxygens (including phenoxy) is 1. The monoisotopic (exact) mass is 245 g/mol. The lowest BCUT2D eigenvalue weighted by molar-refractivity contribution is -0.122. The number of hydrogen-bond acceptors (Lipinski definition) is 4. The standard InChI is InChI=1S/C10H15NO4S/c1-5-9-8(3)16(13,14)11(10(9)12)6-7(2)15-4/h5,7H,3,6H2,1-2,4H3/t7-/m0/s1. The summed E-state index contributed by atoms with van der Waals surface area (Å²) in [5.74, 6) is -0.531. The number of rotatable bonds is 3. The molecule has 1 aliphatic rings. The average molecular weight is 245 g/mol. The van der Waals surface area contributed by atoms with Gasteiger partial charge in [0.1, 0.15) is 0 Å². The third kappa shape index (κ3) is 1.90. The maximum Gasteiger partial charge on any atom is 0.268 e. The molecule has 1 rings (SSSR count). The Hall–Kier alpha value is -1.14. The smallest absolute Gasteiger partial charge is 0.268 e. The fourth-order valence-electron chi connectivity index (χ4n) is 1.41. The van der Waals surface area contributed by atoms with Crippen LogP contribution in [0.25, 0.3) is 0 Å². The van der Waals surface area contributed by atoms with Crippen LogP contribution >= 0.6 is 0 Å². The molecule has 1 saturated heterocycles. The van der Waals surface area contributed by atoms with Gasteiger partial charge in [-0.2, -0.15) is 0 Å². The molecule has 0 aromatic heterocycles. The predicted octanol–water partition coefficient (Wildman–Crippen LogP) is 0.653. The predicted molar refractivity (Wildman–Crippen MR) is 60.0 cm³/mol. The maximum absolute atomic E-state index is 11.8. The first-order valence-electron chi connectivity index (χ1n) is 4.81. The summed E-state index contributed by atoms with van der Waals surface area (Å²) >= 11 is 0. The van der Waals surface area contributed by atoms with Gasteiger partial charge in [0.05, 0.1) is 23.1 Å². The summed E-state index contributed by atoms with van der Waals surface area (Å²) < 4.78 is 29.4. The highest BCUT2D eigenvalue weighted by Crippen LogP contribution is 2.30. The van der Waals surface area contributed by atoms with E-state index in [0.29, 0.717) is 0 Å². The molecule has 0 N–H and O–H groups in total. The van der Waals surface area contributed by atoms with Crippen LogP contribution in [0.1, 0.15) is 13.8 Å². The quantitative estimate of drug-likeness (QED) is 0.685. The van der Waals surface area contributed by atoms with E-state index >= 15 is 0 Å². The number of allylic oxidation sites excluding steroid dienone is 1. The van der Waals surface area contributed by atoms with Crippen LogP contribution in [0.3, 0.4) is 0 Å². The molecule has 0 unspecified atom stereocenters. The number of methoxy groups -OCH3 is 1. The van der Waals surface area contributed by atoms with Crippen molar-refractivity contribution in [3.05, 3.63) is 23.1 Å². The Morgan fingerprint density at radius 3 is 2.50 bits per heavy atom. The van der Waals surface area contributed by atoms with E-state index in [-0.39, 0.29) is 23.1 Å². The zero-order chi connectivity index (χ0) is 12.5. The highest BCUT2D eigenvalue weighted by molar-refractivity contribution is 7.94. The van der Waals surface area contributed by atoms with E-state index in [1.165, 1.54) is 13.2 Å². The van der Waals surface area contributed by atoms with Gasteiger partial charge in [0.2, 0.25) is 0 Å². The highest BCUT2D eigenvalue weighted by Gasteiger charge is 2.43. The van der Waals surface area contributed by atoms with E-state index in [0.717, 1.165) is 4.31 Å². The van der Waals surface area contributed by atoms with Gasteiger partial charge in [-0.05, 0) is 13.8 Å². The molecule has 5 nitrogen and oxygen atoms in total. The molecule has 1 fully saturated rings. The average Bonchev–Trinajstić information content (AvgIpc) is 2.39. The molecule has 0 saturated carbocycles. The van der Waals surface area contributed by atoms with Crippen LogP contribution in [0, 0.1) is 0 Å². The number of sulfonamides is 1. The zero-order valence-electron chi connectivity index (χ0n) is 9.56. The highest BCUT2D eigenvalue weighted by atomic mass is 32.2. The number of carbonyl (C=O) groups excluding carboxylic acids is 1. The molecule has 0 aliphatic carbocycles. The molecule has 0 aromatic carbocycles. The zero-order valence-corrected chi connectivity index (χ0v) is 10.4. The second-order valence-electron chi connectivity index (χ2n) is 3.51. The second-order valence-corrected chi connectivity index (χ2v) is 5.40.